The van der Waals surface area contributed by atoms with Gasteiger partial charge in [0.2, 0.25) is 0 Å². The zero-order valence-corrected chi connectivity index (χ0v) is 13.5. The van der Waals surface area contributed by atoms with Crippen LogP contribution in [0.1, 0.15) is 28.6 Å². The Labute approximate surface area is 130 Å². The van der Waals surface area contributed by atoms with Crippen LogP contribution in [0, 0.1) is 6.92 Å². The third kappa shape index (κ3) is 2.59. The molecule has 0 atom stereocenters. The summed E-state index contributed by atoms with van der Waals surface area (Å²) in [6.07, 6.45) is 0.639. The van der Waals surface area contributed by atoms with Crippen LogP contribution in [0.2, 0.25) is 0 Å². The van der Waals surface area contributed by atoms with Crippen LogP contribution in [0.25, 0.3) is 10.2 Å². The lowest BCUT2D eigenvalue weighted by molar-refractivity contribution is 0.0701. The third-order valence-electron chi connectivity index (χ3n) is 3.45. The summed E-state index contributed by atoms with van der Waals surface area (Å²) in [4.78, 5) is 36.9. The van der Waals surface area contributed by atoms with Gasteiger partial charge in [-0.3, -0.25) is 13.9 Å². The van der Waals surface area contributed by atoms with Crippen molar-refractivity contribution in [3.05, 3.63) is 31.3 Å². The number of fused-ring (bicyclic) bond motifs is 1. The predicted octanol–water partition coefficient (Wildman–Crippen LogP) is 1.29. The van der Waals surface area contributed by atoms with E-state index in [-0.39, 0.29) is 11.4 Å². The summed E-state index contributed by atoms with van der Waals surface area (Å²) in [5.74, 6) is -1.09. The minimum Gasteiger partial charge on any atom is -0.477 e. The molecule has 2 aromatic rings. The Morgan fingerprint density at radius 2 is 1.95 bits per heavy atom. The van der Waals surface area contributed by atoms with Crippen LogP contribution >= 0.6 is 11.3 Å². The molecule has 0 saturated heterocycles. The smallest absolute Gasteiger partial charge is 0.346 e. The van der Waals surface area contributed by atoms with Gasteiger partial charge in [0.15, 0.2) is 0 Å². The summed E-state index contributed by atoms with van der Waals surface area (Å²) in [6.45, 7) is 4.36. The lowest BCUT2D eigenvalue weighted by Gasteiger charge is -2.11. The second-order valence-corrected chi connectivity index (χ2v) is 5.92. The van der Waals surface area contributed by atoms with Gasteiger partial charge in [-0.25, -0.2) is 9.59 Å². The quantitative estimate of drug-likeness (QED) is 0.864. The highest BCUT2D eigenvalue weighted by molar-refractivity contribution is 7.20. The summed E-state index contributed by atoms with van der Waals surface area (Å²) < 4.78 is 7.61. The molecule has 2 rings (SSSR count). The topological polar surface area (TPSA) is 90.5 Å². The van der Waals surface area contributed by atoms with E-state index in [9.17, 15) is 19.5 Å². The van der Waals surface area contributed by atoms with Gasteiger partial charge in [0.05, 0.1) is 18.5 Å². The van der Waals surface area contributed by atoms with Gasteiger partial charge in [-0.1, -0.05) is 6.92 Å². The fourth-order valence-corrected chi connectivity index (χ4v) is 3.56. The second-order valence-electron chi connectivity index (χ2n) is 4.93. The number of aromatic nitrogens is 2. The monoisotopic (exact) mass is 326 g/mol. The molecule has 22 heavy (non-hydrogen) atoms. The highest BCUT2D eigenvalue weighted by Crippen LogP contribution is 2.27. The van der Waals surface area contributed by atoms with E-state index in [1.165, 1.54) is 16.2 Å². The first kappa shape index (κ1) is 16.4. The molecular formula is C14H18N2O5S. The minimum absolute atomic E-state index is 0.0897. The lowest BCUT2D eigenvalue weighted by Crippen LogP contribution is -2.40. The SMILES string of the molecule is CCCn1c(=O)c2c(C)c(C(=O)O)sc2n(CCOC)c1=O. The van der Waals surface area contributed by atoms with Crippen molar-refractivity contribution in [3.8, 4) is 0 Å². The molecule has 0 unspecified atom stereocenters. The van der Waals surface area contributed by atoms with Crippen LogP contribution in [0.5, 0.6) is 0 Å². The average molecular weight is 326 g/mol. The van der Waals surface area contributed by atoms with Crippen LogP contribution in [-0.4, -0.2) is 33.9 Å². The molecule has 0 aromatic carbocycles. The molecular weight excluding hydrogens is 308 g/mol. The highest BCUT2D eigenvalue weighted by atomic mass is 32.1. The molecule has 0 spiro atoms. The number of hydrogen-bond donors (Lipinski definition) is 1. The predicted molar refractivity (Wildman–Crippen MR) is 84.2 cm³/mol. The Hall–Kier alpha value is -1.93. The summed E-state index contributed by atoms with van der Waals surface area (Å²) in [6, 6.07) is 0. The maximum atomic E-state index is 12.6. The third-order valence-corrected chi connectivity index (χ3v) is 4.76. The molecule has 120 valence electrons. The number of ether oxygens (including phenoxy) is 1. The normalized spacial score (nSPS) is 11.2. The van der Waals surface area contributed by atoms with E-state index >= 15 is 0 Å². The number of aryl methyl sites for hydroxylation is 1. The molecule has 0 radical (unpaired) electrons. The van der Waals surface area contributed by atoms with Crippen LogP contribution in [0.15, 0.2) is 9.59 Å². The largest absolute Gasteiger partial charge is 0.477 e. The van der Waals surface area contributed by atoms with Gasteiger partial charge >= 0.3 is 11.7 Å². The molecule has 0 fully saturated rings. The average Bonchev–Trinajstić information content (AvgIpc) is 2.81. The van der Waals surface area contributed by atoms with Gasteiger partial charge in [0.1, 0.15) is 9.71 Å². The van der Waals surface area contributed by atoms with Crippen molar-refractivity contribution in [1.82, 2.24) is 9.13 Å². The maximum absolute atomic E-state index is 12.6. The number of carboxylic acid groups (broad SMARTS) is 1. The maximum Gasteiger partial charge on any atom is 0.346 e. The first-order valence-corrected chi connectivity index (χ1v) is 7.74. The van der Waals surface area contributed by atoms with Gasteiger partial charge < -0.3 is 9.84 Å². The zero-order chi connectivity index (χ0) is 16.4. The number of thiophene rings is 1. The molecule has 1 N–H and O–H groups in total. The minimum atomic E-state index is -1.09. The molecule has 8 heteroatoms. The Morgan fingerprint density at radius 1 is 1.27 bits per heavy atom. The zero-order valence-electron chi connectivity index (χ0n) is 12.7. The van der Waals surface area contributed by atoms with Crippen molar-refractivity contribution >= 4 is 27.5 Å². The van der Waals surface area contributed by atoms with Crippen molar-refractivity contribution < 1.29 is 14.6 Å². The first-order chi connectivity index (χ1) is 10.4. The van der Waals surface area contributed by atoms with Gasteiger partial charge in [-0.15, -0.1) is 11.3 Å². The van der Waals surface area contributed by atoms with E-state index in [1.807, 2.05) is 6.92 Å². The number of rotatable bonds is 6. The summed E-state index contributed by atoms with van der Waals surface area (Å²) in [5, 5.41) is 9.57. The second kappa shape index (κ2) is 6.45. The van der Waals surface area contributed by atoms with Crippen LogP contribution < -0.4 is 11.2 Å². The van der Waals surface area contributed by atoms with Gasteiger partial charge in [-0.05, 0) is 18.9 Å². The molecule has 2 aromatic heterocycles. The number of carboxylic acids is 1. The molecule has 0 saturated carbocycles. The van der Waals surface area contributed by atoms with Crippen LogP contribution in [0.3, 0.4) is 0 Å². The van der Waals surface area contributed by atoms with E-state index in [4.69, 9.17) is 4.74 Å². The Kier molecular flexibility index (Phi) is 4.82. The van der Waals surface area contributed by atoms with Crippen molar-refractivity contribution in [2.45, 2.75) is 33.4 Å². The fourth-order valence-electron chi connectivity index (χ4n) is 2.40. The van der Waals surface area contributed by atoms with E-state index in [2.05, 4.69) is 0 Å². The first-order valence-electron chi connectivity index (χ1n) is 6.93. The van der Waals surface area contributed by atoms with E-state index in [1.54, 1.807) is 6.92 Å². The standard InChI is InChI=1S/C14H18N2O5S/c1-4-5-15-11(17)9-8(2)10(13(18)19)22-12(9)16(14(15)20)6-7-21-3/h4-7H2,1-3H3,(H,18,19). The molecule has 0 bridgehead atoms. The van der Waals surface area contributed by atoms with Crippen molar-refractivity contribution in [3.63, 3.8) is 0 Å². The molecule has 2 heterocycles. The molecule has 0 aliphatic carbocycles. The molecule has 0 aliphatic rings. The van der Waals surface area contributed by atoms with E-state index in [0.717, 1.165) is 11.3 Å². The van der Waals surface area contributed by atoms with Gasteiger partial charge in [-0.2, -0.15) is 0 Å². The number of aromatic carboxylic acids is 1. The van der Waals surface area contributed by atoms with Gasteiger partial charge in [0, 0.05) is 13.7 Å². The van der Waals surface area contributed by atoms with Crippen LogP contribution in [-0.2, 0) is 17.8 Å². The number of hydrogen-bond acceptors (Lipinski definition) is 5. The summed E-state index contributed by atoms with van der Waals surface area (Å²) in [7, 11) is 1.52. The summed E-state index contributed by atoms with van der Waals surface area (Å²) >= 11 is 0.959. The lowest BCUT2D eigenvalue weighted by atomic mass is 10.2. The van der Waals surface area contributed by atoms with Gasteiger partial charge in [0.25, 0.3) is 5.56 Å². The molecule has 0 aliphatic heterocycles. The fraction of sp³-hybridized carbons (Fsp3) is 0.500. The molecule has 7 nitrogen and oxygen atoms in total. The Bertz CT molecular complexity index is 830. The highest BCUT2D eigenvalue weighted by Gasteiger charge is 2.22. The Balaban J connectivity index is 2.90. The van der Waals surface area contributed by atoms with E-state index in [0.29, 0.717) is 35.4 Å². The number of carbonyl (C=O) groups is 1. The van der Waals surface area contributed by atoms with Crippen LogP contribution in [0.4, 0.5) is 0 Å². The number of methoxy groups -OCH3 is 1. The van der Waals surface area contributed by atoms with Crippen molar-refractivity contribution in [2.75, 3.05) is 13.7 Å². The Morgan fingerprint density at radius 3 is 2.50 bits per heavy atom. The molecule has 0 amide bonds. The number of nitrogens with zero attached hydrogens (tertiary/aromatic N) is 2. The van der Waals surface area contributed by atoms with E-state index < -0.39 is 17.2 Å². The van der Waals surface area contributed by atoms with Crippen molar-refractivity contribution in [1.29, 1.82) is 0 Å². The summed E-state index contributed by atoms with van der Waals surface area (Å²) in [5.41, 5.74) is -0.431. The van der Waals surface area contributed by atoms with Crippen molar-refractivity contribution in [2.24, 2.45) is 0 Å².